The van der Waals surface area contributed by atoms with Gasteiger partial charge in [-0.15, -0.1) is 0 Å². The summed E-state index contributed by atoms with van der Waals surface area (Å²) in [7, 11) is 0. The minimum absolute atomic E-state index is 0.161. The zero-order valence-corrected chi connectivity index (χ0v) is 21.7. The molecule has 0 atom stereocenters. The van der Waals surface area contributed by atoms with Crippen molar-refractivity contribution < 1.29 is 18.9 Å². The van der Waals surface area contributed by atoms with Crippen LogP contribution in [0.4, 0.5) is 0 Å². The fourth-order valence-electron chi connectivity index (χ4n) is 3.62. The summed E-state index contributed by atoms with van der Waals surface area (Å²) in [5.74, 6) is 1.35. The molecule has 190 valence electrons. The molecule has 0 bridgehead atoms. The van der Waals surface area contributed by atoms with Crippen LogP contribution in [0.1, 0.15) is 116 Å². The first-order valence-corrected chi connectivity index (χ1v) is 13.5. The number of unbranched alkanes of at least 4 members (excludes halogenated alkanes) is 10. The van der Waals surface area contributed by atoms with Gasteiger partial charge in [0.05, 0.1) is 19.8 Å². The Balaban J connectivity index is 2.52. The van der Waals surface area contributed by atoms with Crippen molar-refractivity contribution in [3.8, 4) is 0 Å². The molecule has 0 saturated carbocycles. The topological polar surface area (TPSA) is 36.9 Å². The van der Waals surface area contributed by atoms with Crippen molar-refractivity contribution in [1.82, 2.24) is 0 Å². The summed E-state index contributed by atoms with van der Waals surface area (Å²) in [6.07, 6.45) is 16.7. The molecule has 1 aromatic rings. The van der Waals surface area contributed by atoms with Crippen molar-refractivity contribution in [3.63, 3.8) is 0 Å². The lowest BCUT2D eigenvalue weighted by Gasteiger charge is -2.18. The highest BCUT2D eigenvalue weighted by molar-refractivity contribution is 5.13. The Morgan fingerprint density at radius 2 is 1.18 bits per heavy atom. The Morgan fingerprint density at radius 3 is 1.79 bits per heavy atom. The van der Waals surface area contributed by atoms with Crippen LogP contribution in [0.25, 0.3) is 0 Å². The monoisotopic (exact) mass is 462 g/mol. The zero-order valence-electron chi connectivity index (χ0n) is 21.7. The van der Waals surface area contributed by atoms with Gasteiger partial charge < -0.3 is 18.9 Å². The maximum atomic E-state index is 6.15. The molecule has 0 aliphatic carbocycles. The van der Waals surface area contributed by atoms with Crippen LogP contribution in [-0.2, 0) is 25.6 Å². The average molecular weight is 463 g/mol. The van der Waals surface area contributed by atoms with E-state index in [9.17, 15) is 0 Å². The summed E-state index contributed by atoms with van der Waals surface area (Å²) in [4.78, 5) is 0. The van der Waals surface area contributed by atoms with Crippen LogP contribution in [0.3, 0.4) is 0 Å². The number of benzene rings is 1. The molecule has 0 aromatic heterocycles. The zero-order chi connectivity index (χ0) is 23.8. The van der Waals surface area contributed by atoms with Gasteiger partial charge in [-0.2, -0.15) is 0 Å². The van der Waals surface area contributed by atoms with E-state index in [1.165, 1.54) is 64.2 Å². The van der Waals surface area contributed by atoms with Gasteiger partial charge in [-0.1, -0.05) is 115 Å². The lowest BCUT2D eigenvalue weighted by molar-refractivity contribution is -0.0894. The third kappa shape index (κ3) is 16.6. The largest absolute Gasteiger partial charge is 0.491 e. The van der Waals surface area contributed by atoms with E-state index in [-0.39, 0.29) is 6.79 Å². The molecule has 0 amide bonds. The summed E-state index contributed by atoms with van der Waals surface area (Å²) in [5, 5.41) is 0. The summed E-state index contributed by atoms with van der Waals surface area (Å²) < 4.78 is 23.9. The molecule has 0 unspecified atom stereocenters. The number of hydrogen-bond acceptors (Lipinski definition) is 4. The molecule has 0 N–H and O–H groups in total. The minimum Gasteiger partial charge on any atom is -0.491 e. The highest BCUT2D eigenvalue weighted by Gasteiger charge is 2.12. The van der Waals surface area contributed by atoms with Gasteiger partial charge in [0.15, 0.2) is 12.6 Å². The first-order chi connectivity index (χ1) is 16.3. The Bertz CT molecular complexity index is 570. The van der Waals surface area contributed by atoms with Gasteiger partial charge in [0, 0.05) is 6.42 Å². The normalized spacial score (nSPS) is 11.8. The van der Waals surface area contributed by atoms with Crippen molar-refractivity contribution in [2.75, 3.05) is 20.0 Å². The first kappa shape index (κ1) is 29.4. The molecule has 0 spiro atoms. The summed E-state index contributed by atoms with van der Waals surface area (Å²) in [6, 6.07) is 10.2. The van der Waals surface area contributed by atoms with Gasteiger partial charge in [-0.3, -0.25) is 0 Å². The maximum absolute atomic E-state index is 6.15. The quantitative estimate of drug-likeness (QED) is 0.0924. The van der Waals surface area contributed by atoms with Gasteiger partial charge in [-0.25, -0.2) is 0 Å². The van der Waals surface area contributed by atoms with Gasteiger partial charge in [0.1, 0.15) is 0 Å². The number of allylic oxidation sites excluding steroid dienone is 1. The predicted molar refractivity (Wildman–Crippen MR) is 138 cm³/mol. The third-order valence-corrected chi connectivity index (χ3v) is 5.59. The van der Waals surface area contributed by atoms with Gasteiger partial charge >= 0.3 is 5.95 Å². The van der Waals surface area contributed by atoms with Crippen LogP contribution in [-0.4, -0.2) is 20.0 Å². The second kappa shape index (κ2) is 22.1. The number of rotatable bonds is 23. The maximum Gasteiger partial charge on any atom is 0.321 e. The first-order valence-electron chi connectivity index (χ1n) is 13.5. The van der Waals surface area contributed by atoms with E-state index < -0.39 is 0 Å². The van der Waals surface area contributed by atoms with Crippen LogP contribution < -0.4 is 0 Å². The second-order valence-electron chi connectivity index (χ2n) is 8.79. The van der Waals surface area contributed by atoms with E-state index in [0.717, 1.165) is 43.6 Å². The highest BCUT2D eigenvalue weighted by atomic mass is 16.7. The molecule has 33 heavy (non-hydrogen) atoms. The Hall–Kier alpha value is -1.68. The van der Waals surface area contributed by atoms with Gasteiger partial charge in [-0.05, 0) is 24.8 Å². The van der Waals surface area contributed by atoms with Gasteiger partial charge in [0.25, 0.3) is 0 Å². The van der Waals surface area contributed by atoms with E-state index in [0.29, 0.717) is 19.2 Å². The van der Waals surface area contributed by atoms with E-state index in [1.807, 2.05) is 18.2 Å². The Labute approximate surface area is 204 Å². The summed E-state index contributed by atoms with van der Waals surface area (Å²) >= 11 is 0. The molecule has 0 fully saturated rings. The van der Waals surface area contributed by atoms with Crippen LogP contribution in [0.2, 0.25) is 0 Å². The number of ether oxygens (including phenoxy) is 4. The van der Waals surface area contributed by atoms with Crippen molar-refractivity contribution in [1.29, 1.82) is 0 Å². The smallest absolute Gasteiger partial charge is 0.321 e. The molecule has 0 saturated heterocycles. The molecule has 4 heteroatoms. The van der Waals surface area contributed by atoms with Crippen LogP contribution in [0.15, 0.2) is 42.0 Å². The second-order valence-corrected chi connectivity index (χ2v) is 8.79. The van der Waals surface area contributed by atoms with E-state index in [4.69, 9.17) is 18.9 Å². The van der Waals surface area contributed by atoms with E-state index >= 15 is 0 Å². The minimum atomic E-state index is 0.161. The molecule has 0 heterocycles. The van der Waals surface area contributed by atoms with Crippen LogP contribution in [0, 0.1) is 0 Å². The summed E-state index contributed by atoms with van der Waals surface area (Å²) in [5.41, 5.74) is 1.13. The molecule has 0 radical (unpaired) electrons. The molecule has 1 rings (SSSR count). The Kier molecular flexibility index (Phi) is 19.7. The van der Waals surface area contributed by atoms with Crippen LogP contribution >= 0.6 is 0 Å². The van der Waals surface area contributed by atoms with Crippen molar-refractivity contribution >= 4 is 0 Å². The molecule has 0 aliphatic heterocycles. The molecular weight excluding hydrogens is 412 g/mol. The van der Waals surface area contributed by atoms with Crippen LogP contribution in [0.5, 0.6) is 0 Å². The van der Waals surface area contributed by atoms with Crippen molar-refractivity contribution in [3.05, 3.63) is 47.6 Å². The molecular formula is C29H50O4. The molecule has 0 aliphatic rings. The number of hydrogen-bond donors (Lipinski definition) is 0. The molecule has 1 aromatic carbocycles. The Morgan fingerprint density at radius 1 is 0.606 bits per heavy atom. The van der Waals surface area contributed by atoms with Crippen molar-refractivity contribution in [2.45, 2.75) is 117 Å². The lowest BCUT2D eigenvalue weighted by Crippen LogP contribution is -2.10. The highest BCUT2D eigenvalue weighted by Crippen LogP contribution is 2.18. The fraction of sp³-hybridized carbons (Fsp3) is 0.724. The predicted octanol–water partition coefficient (Wildman–Crippen LogP) is 8.90. The van der Waals surface area contributed by atoms with Crippen molar-refractivity contribution in [2.24, 2.45) is 0 Å². The average Bonchev–Trinajstić information content (AvgIpc) is 2.84. The fourth-order valence-corrected chi connectivity index (χ4v) is 3.62. The lowest BCUT2D eigenvalue weighted by atomic mass is 10.1. The summed E-state index contributed by atoms with van der Waals surface area (Å²) in [6.45, 7) is 8.72. The van der Waals surface area contributed by atoms with E-state index in [1.54, 1.807) is 0 Å². The SMILES string of the molecule is CCCCCCCCOC(CCC)=C(OCCCCCCCC)OCOCc1ccccc1. The third-order valence-electron chi connectivity index (χ3n) is 5.59. The van der Waals surface area contributed by atoms with Gasteiger partial charge in [0.2, 0.25) is 0 Å². The molecule has 4 nitrogen and oxygen atoms in total. The van der Waals surface area contributed by atoms with E-state index in [2.05, 4.69) is 32.9 Å². The standard InChI is InChI=1S/C29H50O4/c1-4-7-9-11-13-18-23-31-28(20-6-3)29(32-24-19-14-12-10-8-5-2)33-26-30-25-27-21-16-15-17-22-27/h15-17,21-22H,4-14,18-20,23-26H2,1-3H3.